The highest BCUT2D eigenvalue weighted by atomic mass is 33.1. The highest BCUT2D eigenvalue weighted by molar-refractivity contribution is 8.76. The van der Waals surface area contributed by atoms with Crippen LogP contribution in [0.1, 0.15) is 121 Å². The van der Waals surface area contributed by atoms with E-state index in [1.165, 1.54) is 39.0 Å². The lowest BCUT2D eigenvalue weighted by atomic mass is 9.97. The van der Waals surface area contributed by atoms with Gasteiger partial charge in [0.2, 0.25) is 88.6 Å². The number of fused-ring (bicyclic) bond motifs is 8. The van der Waals surface area contributed by atoms with Crippen molar-refractivity contribution in [2.24, 2.45) is 50.3 Å². The molecule has 5 heterocycles. The number of guanidine groups is 2. The lowest BCUT2D eigenvalue weighted by Crippen LogP contribution is -2.62. The van der Waals surface area contributed by atoms with E-state index in [4.69, 9.17) is 34.4 Å². The minimum atomic E-state index is -1.80. The summed E-state index contributed by atoms with van der Waals surface area (Å²) < 4.78 is 0. The number of rotatable bonds is 21. The van der Waals surface area contributed by atoms with Crippen LogP contribution >= 0.6 is 21.6 Å². The minimum Gasteiger partial charge on any atom is -0.508 e. The second kappa shape index (κ2) is 44.6. The Morgan fingerprint density at radius 3 is 1.51 bits per heavy atom. The minimum absolute atomic E-state index is 0.00106. The van der Waals surface area contributed by atoms with Crippen molar-refractivity contribution in [3.63, 3.8) is 0 Å². The van der Waals surface area contributed by atoms with Gasteiger partial charge in [-0.2, -0.15) is 0 Å². The number of carbonyl (C=O) groups excluding carboxylic acids is 15. The Morgan fingerprint density at radius 1 is 0.487 bits per heavy atom. The number of phenolic OH excluding ortho intramolecular Hbond substituents is 1. The molecule has 2 aromatic rings. The van der Waals surface area contributed by atoms with Gasteiger partial charge in [0.15, 0.2) is 11.9 Å². The van der Waals surface area contributed by atoms with Crippen molar-refractivity contribution in [2.75, 3.05) is 63.9 Å². The van der Waals surface area contributed by atoms with E-state index in [2.05, 4.69) is 68.5 Å². The highest BCUT2D eigenvalue weighted by Crippen LogP contribution is 2.29. The molecule has 15 amide bonds. The van der Waals surface area contributed by atoms with Crippen LogP contribution in [-0.4, -0.2) is 268 Å². The quantitative estimate of drug-likeness (QED) is 0.0239. The number of amides is 15. The van der Waals surface area contributed by atoms with Crippen molar-refractivity contribution in [1.82, 2.24) is 73.2 Å². The summed E-state index contributed by atoms with van der Waals surface area (Å²) in [6.45, 7) is 1.55. The van der Waals surface area contributed by atoms with Crippen LogP contribution in [0.4, 0.5) is 0 Å². The van der Waals surface area contributed by atoms with E-state index in [1.807, 2.05) is 0 Å². The van der Waals surface area contributed by atoms with Crippen LogP contribution in [0.25, 0.3) is 0 Å². The number of aliphatic hydroxyl groups is 1. The molecule has 41 heteroatoms. The van der Waals surface area contributed by atoms with Crippen molar-refractivity contribution in [1.29, 1.82) is 0 Å². The molecule has 620 valence electrons. The van der Waals surface area contributed by atoms with E-state index in [9.17, 15) is 53.4 Å². The Morgan fingerprint density at radius 2 is 0.938 bits per heavy atom. The molecule has 5 aliphatic heterocycles. The number of nitrogens with zero attached hydrogens (tertiary/aromatic N) is 5. The van der Waals surface area contributed by atoms with Crippen LogP contribution in [0.3, 0.4) is 0 Å². The summed E-state index contributed by atoms with van der Waals surface area (Å²) in [5.41, 5.74) is 34.8. The van der Waals surface area contributed by atoms with Crippen LogP contribution in [0, 0.1) is 5.92 Å². The summed E-state index contributed by atoms with van der Waals surface area (Å²) in [6, 6.07) is -5.83. The maximum atomic E-state index is 15.5. The lowest BCUT2D eigenvalue weighted by Gasteiger charge is -2.34. The largest absolute Gasteiger partial charge is 0.508 e. The van der Waals surface area contributed by atoms with Crippen LogP contribution in [0.15, 0.2) is 64.6 Å². The molecule has 5 fully saturated rings. The molecule has 25 N–H and O–H groups in total. The number of aromatic hydroxyl groups is 1. The van der Waals surface area contributed by atoms with E-state index < -0.39 is 204 Å². The first-order valence-electron chi connectivity index (χ1n) is 38.0. The topological polar surface area (TPSA) is 619 Å². The van der Waals surface area contributed by atoms with Crippen LogP contribution in [-0.2, 0) is 84.8 Å². The zero-order valence-electron chi connectivity index (χ0n) is 63.4. The van der Waals surface area contributed by atoms with Crippen LogP contribution in [0.2, 0.25) is 0 Å². The van der Waals surface area contributed by atoms with Crippen molar-refractivity contribution in [2.45, 2.75) is 202 Å². The molecule has 0 aromatic heterocycles. The Hall–Kier alpha value is -10.5. The van der Waals surface area contributed by atoms with E-state index in [0.29, 0.717) is 30.4 Å². The zero-order valence-corrected chi connectivity index (χ0v) is 65.0. The van der Waals surface area contributed by atoms with Crippen LogP contribution in [0.5, 0.6) is 5.75 Å². The number of hydrogen-bond donors (Lipinski definition) is 19. The number of nitrogens with two attached hydrogens (primary N) is 6. The first-order valence-corrected chi connectivity index (χ1v) is 40.5. The van der Waals surface area contributed by atoms with Gasteiger partial charge >= 0.3 is 0 Å². The predicted molar refractivity (Wildman–Crippen MR) is 416 cm³/mol. The Labute approximate surface area is 661 Å². The number of carbonyl (C=O) groups is 15. The molecular weight excluding hydrogens is 1510 g/mol. The van der Waals surface area contributed by atoms with E-state index in [1.54, 1.807) is 44.2 Å². The van der Waals surface area contributed by atoms with E-state index in [0.717, 1.165) is 21.6 Å². The fourth-order valence-electron chi connectivity index (χ4n) is 13.8. The van der Waals surface area contributed by atoms with Gasteiger partial charge in [0.25, 0.3) is 0 Å². The maximum absolute atomic E-state index is 15.5. The average Bonchev–Trinajstić information content (AvgIpc) is 1.66. The van der Waals surface area contributed by atoms with E-state index >= 15 is 28.8 Å². The molecule has 0 saturated carbocycles. The second-order valence-corrected chi connectivity index (χ2v) is 31.0. The number of hydrogen-bond acceptors (Lipinski definition) is 22. The van der Waals surface area contributed by atoms with Gasteiger partial charge in [-0.15, -0.1) is 0 Å². The summed E-state index contributed by atoms with van der Waals surface area (Å²) in [7, 11) is 1.75. The third kappa shape index (κ3) is 27.1. The first-order chi connectivity index (χ1) is 54.0. The summed E-state index contributed by atoms with van der Waals surface area (Å²) in [5.74, 6) is -16.3. The van der Waals surface area contributed by atoms with Gasteiger partial charge in [0.1, 0.15) is 84.3 Å². The lowest BCUT2D eigenvalue weighted by molar-refractivity contribution is -0.148. The monoisotopic (exact) mass is 1620 g/mol. The Bertz CT molecular complexity index is 3760. The number of unbranched alkanes of at least 4 members (excludes halogenated alkanes) is 1. The molecule has 39 nitrogen and oxygen atoms in total. The van der Waals surface area contributed by atoms with Gasteiger partial charge in [-0.3, -0.25) is 81.9 Å². The summed E-state index contributed by atoms with van der Waals surface area (Å²) in [4.78, 5) is 232. The molecule has 113 heavy (non-hydrogen) atoms. The third-order valence-corrected chi connectivity index (χ3v) is 22.5. The van der Waals surface area contributed by atoms with Crippen LogP contribution < -0.4 is 92.9 Å². The number of primary amides is 1. The Balaban J connectivity index is 1.38. The van der Waals surface area contributed by atoms with Crippen molar-refractivity contribution in [3.8, 4) is 5.75 Å². The SMILES string of the molecule is CC[C@H](C)[C@@H]1NC(=O)[C@@H]2CCCN2C(=O)[C@@H]2CCCN2C(=O)[C@H](CCCN=C(N)N)NC(=O)[C@H](CO)NC(=O)[C@H](CCCCN)NC(=O)[C@H](Cc2ccc(O)cc2)NC(=O)[C@@H]2CSSC[C@H](NC1=O)C(=O)N[C@@H](Cc1ccccc1)C(=O)N1CCC[C@H]1C(=O)N[C@@H](CC(N)=O)C(=O)NCC(=O)N[C@@H](CCCN=C(N)N)C(=O)N2. The third-order valence-electron chi connectivity index (χ3n) is 20.0. The van der Waals surface area contributed by atoms with E-state index in [-0.39, 0.29) is 140 Å². The molecule has 2 bridgehead atoms. The Kier molecular flexibility index (Phi) is 35.4. The van der Waals surface area contributed by atoms with Gasteiger partial charge in [-0.1, -0.05) is 84.3 Å². The molecule has 0 unspecified atom stereocenters. The van der Waals surface area contributed by atoms with Crippen molar-refractivity contribution < 1.29 is 82.1 Å². The molecular formula is C72H108N22O17S2. The maximum Gasteiger partial charge on any atom is 0.246 e. The molecule has 7 rings (SSSR count). The molecule has 0 radical (unpaired) electrons. The number of nitrogens with one attached hydrogen (secondary N) is 11. The van der Waals surface area contributed by atoms with Gasteiger partial charge in [-0.05, 0) is 119 Å². The molecule has 2 aromatic carbocycles. The normalized spacial score (nSPS) is 26.7. The predicted octanol–water partition coefficient (Wildman–Crippen LogP) is -6.33. The fourth-order valence-corrected chi connectivity index (χ4v) is 16.1. The standard InChI is InChI=1S/C72H108N22O17S2/c1-3-39(2)57-67(108)90-51-38-113-112-37-50(89-59(100)43(17-9-27-79-71(75)76)82-56(98)35-81-58(99)47(34-55(74)97)86-65(106)52-19-11-29-92(52)69(110)48(87-64(51)105)33-40-14-5-4-6-15-40)63(104)85-46(32-41-22-24-42(96)25-23-41)61(102)83-44(16-7-8-26-73)60(101)88-49(36-95)62(103)84-45(18-10-28-80-72(77)78)68(109)94-31-13-21-54(94)70(111)93-30-12-20-53(93)66(107)91-57/h4-6,14-15,22-25,39,43-54,57,95-96H,3,7-13,16-21,26-38,73H2,1-2H3,(H2,74,97)(H,81,99)(H,82,98)(H,83,102)(H,84,103)(H,85,104)(H,86,106)(H,87,105)(H,88,101)(H,89,100)(H,90,108)(H,91,107)(H4,75,76,79)(H4,77,78,80)/t39-,43-,44-,45-,46-,47-,48-,49-,50-,51-,52-,53-,54-,57-/m0/s1. The van der Waals surface area contributed by atoms with Gasteiger partial charge in [0, 0.05) is 57.1 Å². The smallest absolute Gasteiger partial charge is 0.246 e. The summed E-state index contributed by atoms with van der Waals surface area (Å²) in [5, 5.41) is 50.1. The molecule has 0 aliphatic carbocycles. The summed E-state index contributed by atoms with van der Waals surface area (Å²) >= 11 is 0. The van der Waals surface area contributed by atoms with Gasteiger partial charge in [0.05, 0.1) is 19.6 Å². The highest BCUT2D eigenvalue weighted by Gasteiger charge is 2.46. The van der Waals surface area contributed by atoms with Gasteiger partial charge in [-0.25, -0.2) is 0 Å². The first kappa shape index (κ1) is 89.7. The van der Waals surface area contributed by atoms with Crippen molar-refractivity contribution >= 4 is 122 Å². The average molecular weight is 1620 g/mol. The number of aliphatic imine (C=N–C) groups is 2. The molecule has 5 aliphatic rings. The number of phenols is 1. The zero-order chi connectivity index (χ0) is 82.4. The number of benzene rings is 2. The summed E-state index contributed by atoms with van der Waals surface area (Å²) in [6.07, 6.45) is 0.139. The number of aliphatic hydroxyl groups excluding tert-OH is 1. The second-order valence-electron chi connectivity index (χ2n) is 28.4. The molecule has 14 atom stereocenters. The van der Waals surface area contributed by atoms with Crippen molar-refractivity contribution in [3.05, 3.63) is 65.7 Å². The fraction of sp³-hybridized carbons (Fsp3) is 0.597. The molecule has 5 saturated heterocycles. The van der Waals surface area contributed by atoms with Gasteiger partial charge < -0.3 is 118 Å². The molecule has 0 spiro atoms.